The fraction of sp³-hybridized carbons (Fsp3) is 0.286. The summed E-state index contributed by atoms with van der Waals surface area (Å²) in [6, 6.07) is 10.4. The first-order chi connectivity index (χ1) is 14.9. The summed E-state index contributed by atoms with van der Waals surface area (Å²) >= 11 is 19.4. The van der Waals surface area contributed by atoms with Crippen molar-refractivity contribution in [3.05, 3.63) is 51.5 Å². The van der Waals surface area contributed by atoms with Crippen molar-refractivity contribution < 1.29 is 14.3 Å². The van der Waals surface area contributed by atoms with E-state index in [1.807, 2.05) is 24.3 Å². The van der Waals surface area contributed by atoms with Crippen LogP contribution >= 0.6 is 46.6 Å². The molecule has 162 valence electrons. The van der Waals surface area contributed by atoms with E-state index in [1.54, 1.807) is 12.0 Å². The molecule has 1 heterocycles. The van der Waals surface area contributed by atoms with Crippen LogP contribution in [-0.2, 0) is 9.59 Å². The van der Waals surface area contributed by atoms with Crippen LogP contribution in [0.1, 0.15) is 19.3 Å². The zero-order valence-electron chi connectivity index (χ0n) is 16.4. The maximum atomic E-state index is 13.0. The number of carbonyl (C=O) groups is 2. The summed E-state index contributed by atoms with van der Waals surface area (Å²) in [4.78, 5) is 32.0. The first kappa shape index (κ1) is 22.3. The Morgan fingerprint density at radius 2 is 1.84 bits per heavy atom. The Kier molecular flexibility index (Phi) is 6.67. The standard InChI is InChI=1S/C21H18Cl3N3O3S/c1-30-13-6-2-11(3-7-13)25-21-27(12-4-5-12)20(29)18(31-21)10-19(28)26-17-9-15(23)14(22)8-16(17)24/h2-3,6-9,12,18H,4-5,10H2,1H3,(H,26,28)/t18-/m0/s1. The third-order valence-electron chi connectivity index (χ3n) is 4.83. The number of carbonyl (C=O) groups excluding carboxylic acids is 2. The summed E-state index contributed by atoms with van der Waals surface area (Å²) in [6.45, 7) is 0. The normalized spacial score (nSPS) is 19.7. The third kappa shape index (κ3) is 5.12. The minimum atomic E-state index is -0.556. The van der Waals surface area contributed by atoms with Crippen molar-refractivity contribution in [2.45, 2.75) is 30.6 Å². The molecule has 1 saturated heterocycles. The van der Waals surface area contributed by atoms with E-state index in [2.05, 4.69) is 10.3 Å². The second-order valence-electron chi connectivity index (χ2n) is 7.14. The smallest absolute Gasteiger partial charge is 0.242 e. The molecule has 1 saturated carbocycles. The lowest BCUT2D eigenvalue weighted by Crippen LogP contribution is -2.35. The molecule has 0 aromatic heterocycles. The molecule has 1 aliphatic carbocycles. The number of methoxy groups -OCH3 is 1. The van der Waals surface area contributed by atoms with Crippen molar-refractivity contribution in [2.24, 2.45) is 4.99 Å². The molecule has 0 bridgehead atoms. The number of aliphatic imine (C=N–C) groups is 1. The molecular weight excluding hydrogens is 481 g/mol. The average molecular weight is 499 g/mol. The Hall–Kier alpha value is -1.93. The van der Waals surface area contributed by atoms with E-state index in [4.69, 9.17) is 39.5 Å². The Bertz CT molecular complexity index is 1060. The quantitative estimate of drug-likeness (QED) is 0.513. The Morgan fingerprint density at radius 1 is 1.16 bits per heavy atom. The third-order valence-corrected chi connectivity index (χ3v) is 7.02. The van der Waals surface area contributed by atoms with Gasteiger partial charge in [0.05, 0.1) is 33.6 Å². The van der Waals surface area contributed by atoms with Gasteiger partial charge in [-0.1, -0.05) is 46.6 Å². The Balaban J connectivity index is 1.48. The van der Waals surface area contributed by atoms with E-state index in [1.165, 1.54) is 23.9 Å². The van der Waals surface area contributed by atoms with Gasteiger partial charge in [0.2, 0.25) is 11.8 Å². The minimum Gasteiger partial charge on any atom is -0.497 e. The molecule has 0 spiro atoms. The second-order valence-corrected chi connectivity index (χ2v) is 9.53. The van der Waals surface area contributed by atoms with Gasteiger partial charge in [-0.05, 0) is 49.2 Å². The number of nitrogens with zero attached hydrogens (tertiary/aromatic N) is 2. The molecular formula is C21H18Cl3N3O3S. The summed E-state index contributed by atoms with van der Waals surface area (Å²) in [6.07, 6.45) is 1.86. The van der Waals surface area contributed by atoms with Crippen molar-refractivity contribution in [1.29, 1.82) is 0 Å². The van der Waals surface area contributed by atoms with Crippen LogP contribution in [-0.4, -0.2) is 40.3 Å². The van der Waals surface area contributed by atoms with Crippen LogP contribution in [0.4, 0.5) is 11.4 Å². The summed E-state index contributed by atoms with van der Waals surface area (Å²) in [5.41, 5.74) is 1.07. The van der Waals surface area contributed by atoms with Gasteiger partial charge >= 0.3 is 0 Å². The van der Waals surface area contributed by atoms with Gasteiger partial charge in [-0.3, -0.25) is 14.5 Å². The largest absolute Gasteiger partial charge is 0.497 e. The minimum absolute atomic E-state index is 0.00900. The fourth-order valence-electron chi connectivity index (χ4n) is 3.12. The number of ether oxygens (including phenoxy) is 1. The van der Waals surface area contributed by atoms with Gasteiger partial charge in [-0.15, -0.1) is 0 Å². The van der Waals surface area contributed by atoms with E-state index in [0.717, 1.165) is 24.3 Å². The highest BCUT2D eigenvalue weighted by Crippen LogP contribution is 2.40. The van der Waals surface area contributed by atoms with Gasteiger partial charge in [0.1, 0.15) is 11.0 Å². The molecule has 2 aliphatic rings. The summed E-state index contributed by atoms with van der Waals surface area (Å²) in [7, 11) is 1.60. The van der Waals surface area contributed by atoms with Crippen LogP contribution in [0.15, 0.2) is 41.4 Å². The van der Waals surface area contributed by atoms with Crippen LogP contribution in [0.2, 0.25) is 15.1 Å². The number of thioether (sulfide) groups is 1. The first-order valence-corrected chi connectivity index (χ1v) is 11.5. The van der Waals surface area contributed by atoms with E-state index < -0.39 is 5.25 Å². The molecule has 2 aromatic carbocycles. The van der Waals surface area contributed by atoms with E-state index in [-0.39, 0.29) is 34.3 Å². The number of halogens is 3. The lowest BCUT2D eigenvalue weighted by Gasteiger charge is -2.15. The fourth-order valence-corrected chi connectivity index (χ4v) is 4.93. The Morgan fingerprint density at radius 3 is 2.48 bits per heavy atom. The van der Waals surface area contributed by atoms with Gasteiger partial charge in [-0.2, -0.15) is 0 Å². The zero-order valence-corrected chi connectivity index (χ0v) is 19.5. The number of hydrogen-bond donors (Lipinski definition) is 1. The van der Waals surface area contributed by atoms with Crippen LogP contribution in [0, 0.1) is 0 Å². The molecule has 4 rings (SSSR count). The maximum absolute atomic E-state index is 13.0. The highest BCUT2D eigenvalue weighted by molar-refractivity contribution is 8.15. The number of amides is 2. The molecule has 0 unspecified atom stereocenters. The van der Waals surface area contributed by atoms with Crippen molar-refractivity contribution in [2.75, 3.05) is 12.4 Å². The first-order valence-electron chi connectivity index (χ1n) is 9.52. The van der Waals surface area contributed by atoms with Gasteiger partial charge in [-0.25, -0.2) is 4.99 Å². The molecule has 2 amide bonds. The summed E-state index contributed by atoms with van der Waals surface area (Å²) < 4.78 is 5.17. The predicted molar refractivity (Wildman–Crippen MR) is 126 cm³/mol. The van der Waals surface area contributed by atoms with Crippen molar-refractivity contribution in [3.63, 3.8) is 0 Å². The van der Waals surface area contributed by atoms with Crippen LogP contribution < -0.4 is 10.1 Å². The molecule has 1 aliphatic heterocycles. The van der Waals surface area contributed by atoms with E-state index in [9.17, 15) is 9.59 Å². The van der Waals surface area contributed by atoms with Crippen LogP contribution in [0.3, 0.4) is 0 Å². The predicted octanol–water partition coefficient (Wildman–Crippen LogP) is 5.78. The highest BCUT2D eigenvalue weighted by Gasteiger charge is 2.46. The average Bonchev–Trinajstić information content (AvgIpc) is 3.52. The van der Waals surface area contributed by atoms with Gasteiger partial charge in [0, 0.05) is 12.5 Å². The molecule has 10 heteroatoms. The Labute approximate surface area is 198 Å². The molecule has 6 nitrogen and oxygen atoms in total. The number of benzene rings is 2. The number of amidine groups is 1. The molecule has 2 aromatic rings. The van der Waals surface area contributed by atoms with Crippen molar-refractivity contribution in [3.8, 4) is 5.75 Å². The number of hydrogen-bond acceptors (Lipinski definition) is 5. The van der Waals surface area contributed by atoms with Crippen molar-refractivity contribution in [1.82, 2.24) is 4.90 Å². The van der Waals surface area contributed by atoms with E-state index >= 15 is 0 Å². The van der Waals surface area contributed by atoms with Gasteiger partial charge in [0.25, 0.3) is 0 Å². The zero-order chi connectivity index (χ0) is 22.1. The monoisotopic (exact) mass is 497 g/mol. The maximum Gasteiger partial charge on any atom is 0.242 e. The van der Waals surface area contributed by atoms with Gasteiger partial charge in [0.15, 0.2) is 5.17 Å². The molecule has 1 N–H and O–H groups in total. The van der Waals surface area contributed by atoms with Gasteiger partial charge < -0.3 is 10.1 Å². The summed E-state index contributed by atoms with van der Waals surface area (Å²) in [5.74, 6) is 0.288. The SMILES string of the molecule is COc1ccc(N=C2S[C@@H](CC(=O)Nc3cc(Cl)c(Cl)cc3Cl)C(=O)N2C2CC2)cc1. The molecule has 2 fully saturated rings. The lowest BCUT2D eigenvalue weighted by molar-refractivity contribution is -0.128. The van der Waals surface area contributed by atoms with Crippen molar-refractivity contribution >= 4 is 74.9 Å². The topological polar surface area (TPSA) is 71.0 Å². The van der Waals surface area contributed by atoms with E-state index in [0.29, 0.717) is 15.9 Å². The molecule has 31 heavy (non-hydrogen) atoms. The summed E-state index contributed by atoms with van der Waals surface area (Å²) in [5, 5.41) is 3.62. The number of nitrogens with one attached hydrogen (secondary N) is 1. The number of anilines is 1. The van der Waals surface area contributed by atoms with Crippen LogP contribution in [0.25, 0.3) is 0 Å². The molecule has 0 radical (unpaired) electrons. The lowest BCUT2D eigenvalue weighted by atomic mass is 10.2. The number of rotatable bonds is 6. The second kappa shape index (κ2) is 9.28. The van der Waals surface area contributed by atoms with Crippen LogP contribution in [0.5, 0.6) is 5.75 Å². The molecule has 1 atom stereocenters. The highest BCUT2D eigenvalue weighted by atomic mass is 35.5.